The second-order valence-electron chi connectivity index (χ2n) is 3.29. The molecule has 0 aromatic carbocycles. The fourth-order valence-corrected chi connectivity index (χ4v) is 1.82. The van der Waals surface area contributed by atoms with Crippen molar-refractivity contribution in [2.45, 2.75) is 32.1 Å². The summed E-state index contributed by atoms with van der Waals surface area (Å²) < 4.78 is 0. The van der Waals surface area contributed by atoms with Gasteiger partial charge in [-0.2, -0.15) is 0 Å². The third-order valence-electron chi connectivity index (χ3n) is 2.42. The number of nitrogens with zero attached hydrogens (tertiary/aromatic N) is 2. The highest BCUT2D eigenvalue weighted by molar-refractivity contribution is 4.84. The number of aromatic amines is 1. The molecule has 0 bridgehead atoms. The molecule has 2 rings (SSSR count). The highest BCUT2D eigenvalue weighted by Gasteiger charge is 2.16. The van der Waals surface area contributed by atoms with Gasteiger partial charge in [0.1, 0.15) is 12.2 Å². The van der Waals surface area contributed by atoms with Crippen molar-refractivity contribution in [1.82, 2.24) is 15.2 Å². The van der Waals surface area contributed by atoms with E-state index < -0.39 is 0 Å². The molecule has 3 heteroatoms. The van der Waals surface area contributed by atoms with Gasteiger partial charge in [0.2, 0.25) is 0 Å². The molecule has 0 atom stereocenters. The van der Waals surface area contributed by atoms with Crippen molar-refractivity contribution in [1.29, 1.82) is 0 Å². The lowest BCUT2D eigenvalue weighted by Gasteiger charge is -2.03. The molecule has 1 aliphatic rings. The summed E-state index contributed by atoms with van der Waals surface area (Å²) in [6, 6.07) is 0. The summed E-state index contributed by atoms with van der Waals surface area (Å²) in [6.07, 6.45) is 8.31. The Hall–Kier alpha value is -0.860. The van der Waals surface area contributed by atoms with Crippen molar-refractivity contribution in [2.24, 2.45) is 5.92 Å². The monoisotopic (exact) mass is 151 g/mol. The van der Waals surface area contributed by atoms with Gasteiger partial charge in [0.15, 0.2) is 0 Å². The van der Waals surface area contributed by atoms with Crippen molar-refractivity contribution < 1.29 is 0 Å². The molecule has 1 saturated carbocycles. The fraction of sp³-hybridized carbons (Fsp3) is 0.750. The molecular weight excluding hydrogens is 138 g/mol. The Morgan fingerprint density at radius 2 is 2.27 bits per heavy atom. The van der Waals surface area contributed by atoms with Crippen LogP contribution >= 0.6 is 0 Å². The minimum absolute atomic E-state index is 0.864. The van der Waals surface area contributed by atoms with Crippen molar-refractivity contribution in [2.75, 3.05) is 0 Å². The van der Waals surface area contributed by atoms with Gasteiger partial charge in [0.05, 0.1) is 0 Å². The van der Waals surface area contributed by atoms with Gasteiger partial charge in [0.25, 0.3) is 0 Å². The summed E-state index contributed by atoms with van der Waals surface area (Å²) in [5.41, 5.74) is 0. The SMILES string of the molecule is c1nnc(CC2CCCC2)[nH]1. The Bertz CT molecular complexity index is 199. The smallest absolute Gasteiger partial charge is 0.130 e. The van der Waals surface area contributed by atoms with Gasteiger partial charge >= 0.3 is 0 Å². The Morgan fingerprint density at radius 3 is 2.91 bits per heavy atom. The Balaban J connectivity index is 1.90. The van der Waals surface area contributed by atoms with E-state index in [1.54, 1.807) is 6.33 Å². The maximum atomic E-state index is 3.97. The van der Waals surface area contributed by atoms with Crippen LogP contribution in [-0.2, 0) is 6.42 Å². The molecule has 1 aliphatic carbocycles. The topological polar surface area (TPSA) is 41.6 Å². The lowest BCUT2D eigenvalue weighted by molar-refractivity contribution is 0.531. The van der Waals surface area contributed by atoms with E-state index >= 15 is 0 Å². The molecule has 11 heavy (non-hydrogen) atoms. The fourth-order valence-electron chi connectivity index (χ4n) is 1.82. The van der Waals surface area contributed by atoms with E-state index in [2.05, 4.69) is 15.2 Å². The van der Waals surface area contributed by atoms with E-state index in [0.717, 1.165) is 18.2 Å². The highest BCUT2D eigenvalue weighted by Crippen LogP contribution is 2.26. The summed E-state index contributed by atoms with van der Waals surface area (Å²) in [5, 5.41) is 7.73. The van der Waals surface area contributed by atoms with Crippen LogP contribution in [0.5, 0.6) is 0 Å². The quantitative estimate of drug-likeness (QED) is 0.696. The third-order valence-corrected chi connectivity index (χ3v) is 2.42. The first kappa shape index (κ1) is 6.83. The summed E-state index contributed by atoms with van der Waals surface area (Å²) >= 11 is 0. The first-order chi connectivity index (χ1) is 5.45. The lowest BCUT2D eigenvalue weighted by atomic mass is 10.0. The molecular formula is C8H13N3. The second-order valence-corrected chi connectivity index (χ2v) is 3.29. The van der Waals surface area contributed by atoms with Crippen LogP contribution in [0.2, 0.25) is 0 Å². The minimum atomic E-state index is 0.864. The number of nitrogens with one attached hydrogen (secondary N) is 1. The summed E-state index contributed by atoms with van der Waals surface area (Å²) in [7, 11) is 0. The van der Waals surface area contributed by atoms with Gasteiger partial charge in [-0.25, -0.2) is 0 Å². The van der Waals surface area contributed by atoms with Gasteiger partial charge in [-0.15, -0.1) is 10.2 Å². The number of hydrogen-bond donors (Lipinski definition) is 1. The normalized spacial score (nSPS) is 19.3. The lowest BCUT2D eigenvalue weighted by Crippen LogP contribution is -2.00. The molecule has 0 aliphatic heterocycles. The first-order valence-corrected chi connectivity index (χ1v) is 4.30. The van der Waals surface area contributed by atoms with Gasteiger partial charge in [-0.05, 0) is 5.92 Å². The van der Waals surface area contributed by atoms with Gasteiger partial charge in [-0.1, -0.05) is 25.7 Å². The number of rotatable bonds is 2. The Kier molecular flexibility index (Phi) is 1.88. The largest absolute Gasteiger partial charge is 0.332 e. The van der Waals surface area contributed by atoms with Gasteiger partial charge in [-0.3, -0.25) is 0 Å². The van der Waals surface area contributed by atoms with Gasteiger partial charge in [0, 0.05) is 6.42 Å². The Morgan fingerprint density at radius 1 is 1.45 bits per heavy atom. The number of aromatic nitrogens is 3. The highest BCUT2D eigenvalue weighted by atomic mass is 15.2. The third kappa shape index (κ3) is 1.59. The molecule has 0 unspecified atom stereocenters. The zero-order valence-electron chi connectivity index (χ0n) is 6.58. The standard InChI is InChI=1S/C8H13N3/c1-2-4-7(3-1)5-8-9-6-10-11-8/h6-7H,1-5H2,(H,9,10,11). The summed E-state index contributed by atoms with van der Waals surface area (Å²) in [5.74, 6) is 1.92. The maximum absolute atomic E-state index is 3.97. The van der Waals surface area contributed by atoms with E-state index in [4.69, 9.17) is 0 Å². The molecule has 3 nitrogen and oxygen atoms in total. The molecule has 1 heterocycles. The van der Waals surface area contributed by atoms with Crippen LogP contribution in [0.15, 0.2) is 6.33 Å². The number of hydrogen-bond acceptors (Lipinski definition) is 2. The molecule has 0 saturated heterocycles. The molecule has 1 aromatic heterocycles. The predicted molar refractivity (Wildman–Crippen MR) is 42.0 cm³/mol. The summed E-state index contributed by atoms with van der Waals surface area (Å²) in [4.78, 5) is 3.04. The predicted octanol–water partition coefficient (Wildman–Crippen LogP) is 1.54. The summed E-state index contributed by atoms with van der Waals surface area (Å²) in [6.45, 7) is 0. The van der Waals surface area contributed by atoms with Crippen LogP contribution in [0.3, 0.4) is 0 Å². The van der Waals surface area contributed by atoms with E-state index in [-0.39, 0.29) is 0 Å². The van der Waals surface area contributed by atoms with Crippen LogP contribution < -0.4 is 0 Å². The Labute approximate surface area is 66.2 Å². The molecule has 1 aromatic rings. The molecule has 60 valence electrons. The molecule has 0 amide bonds. The molecule has 0 spiro atoms. The maximum Gasteiger partial charge on any atom is 0.130 e. The average molecular weight is 151 g/mol. The zero-order chi connectivity index (χ0) is 7.52. The molecule has 1 fully saturated rings. The zero-order valence-corrected chi connectivity index (χ0v) is 6.58. The van der Waals surface area contributed by atoms with Crippen molar-refractivity contribution in [3.8, 4) is 0 Å². The van der Waals surface area contributed by atoms with E-state index in [1.165, 1.54) is 25.7 Å². The van der Waals surface area contributed by atoms with E-state index in [0.29, 0.717) is 0 Å². The molecule has 1 N–H and O–H groups in total. The van der Waals surface area contributed by atoms with Crippen LogP contribution in [0, 0.1) is 5.92 Å². The van der Waals surface area contributed by atoms with Crippen LogP contribution in [0.25, 0.3) is 0 Å². The van der Waals surface area contributed by atoms with Crippen LogP contribution in [0.4, 0.5) is 0 Å². The number of H-pyrrole nitrogens is 1. The van der Waals surface area contributed by atoms with Crippen molar-refractivity contribution >= 4 is 0 Å². The van der Waals surface area contributed by atoms with Crippen molar-refractivity contribution in [3.05, 3.63) is 12.2 Å². The second kappa shape index (κ2) is 3.03. The van der Waals surface area contributed by atoms with Gasteiger partial charge < -0.3 is 4.98 Å². The first-order valence-electron chi connectivity index (χ1n) is 4.30. The van der Waals surface area contributed by atoms with Crippen molar-refractivity contribution in [3.63, 3.8) is 0 Å². The average Bonchev–Trinajstić information content (AvgIpc) is 2.60. The van der Waals surface area contributed by atoms with Crippen LogP contribution in [0.1, 0.15) is 31.5 Å². The minimum Gasteiger partial charge on any atom is -0.332 e. The van der Waals surface area contributed by atoms with Crippen LogP contribution in [-0.4, -0.2) is 15.2 Å². The van der Waals surface area contributed by atoms with E-state index in [9.17, 15) is 0 Å². The van der Waals surface area contributed by atoms with E-state index in [1.807, 2.05) is 0 Å². The molecule has 0 radical (unpaired) electrons.